The monoisotopic (exact) mass is 405 g/mol. The van der Waals surface area contributed by atoms with Gasteiger partial charge in [0.15, 0.2) is 5.82 Å². The number of fused-ring (bicyclic) bond motifs is 2. The maximum atomic E-state index is 13.0. The number of hydrogen-bond acceptors (Lipinski definition) is 4. The summed E-state index contributed by atoms with van der Waals surface area (Å²) in [5, 5.41) is 1.57. The number of halogens is 1. The van der Waals surface area contributed by atoms with E-state index in [0.717, 1.165) is 46.5 Å². The predicted molar refractivity (Wildman–Crippen MR) is 116 cm³/mol. The molecule has 6 nitrogen and oxygen atoms in total. The van der Waals surface area contributed by atoms with E-state index in [1.54, 1.807) is 0 Å². The number of anilines is 1. The van der Waals surface area contributed by atoms with Crippen LogP contribution in [0, 0.1) is 6.92 Å². The highest BCUT2D eigenvalue weighted by Gasteiger charge is 2.25. The van der Waals surface area contributed by atoms with Crippen LogP contribution in [0.25, 0.3) is 21.9 Å². The van der Waals surface area contributed by atoms with Crippen LogP contribution >= 0.6 is 11.6 Å². The molecular weight excluding hydrogens is 386 g/mol. The van der Waals surface area contributed by atoms with Crippen LogP contribution in [-0.2, 0) is 0 Å². The maximum Gasteiger partial charge on any atom is 0.270 e. The number of nitrogens with zero attached hydrogens (tertiary/aromatic N) is 4. The van der Waals surface area contributed by atoms with E-state index in [2.05, 4.69) is 14.9 Å². The minimum Gasteiger partial charge on any atom is -0.352 e. The Morgan fingerprint density at radius 3 is 2.45 bits per heavy atom. The van der Waals surface area contributed by atoms with Crippen LogP contribution in [0.1, 0.15) is 16.2 Å². The van der Waals surface area contributed by atoms with Crippen molar-refractivity contribution in [3.63, 3.8) is 0 Å². The fourth-order valence-electron chi connectivity index (χ4n) is 3.90. The molecule has 5 rings (SSSR count). The van der Waals surface area contributed by atoms with Crippen LogP contribution in [0.5, 0.6) is 0 Å². The summed E-state index contributed by atoms with van der Waals surface area (Å²) < 4.78 is 0. The zero-order chi connectivity index (χ0) is 20.0. The number of rotatable bonds is 2. The third kappa shape index (κ3) is 3.19. The van der Waals surface area contributed by atoms with E-state index in [0.29, 0.717) is 23.8 Å². The van der Waals surface area contributed by atoms with E-state index < -0.39 is 0 Å². The fraction of sp³-hybridized carbons (Fsp3) is 0.227. The van der Waals surface area contributed by atoms with E-state index in [4.69, 9.17) is 16.6 Å². The highest BCUT2D eigenvalue weighted by atomic mass is 35.5. The van der Waals surface area contributed by atoms with E-state index in [-0.39, 0.29) is 5.91 Å². The summed E-state index contributed by atoms with van der Waals surface area (Å²) >= 11 is 6.23. The van der Waals surface area contributed by atoms with Crippen LogP contribution in [-0.4, -0.2) is 51.9 Å². The molecule has 2 aromatic carbocycles. The number of carbonyl (C=O) groups excluding carboxylic acids is 1. The zero-order valence-electron chi connectivity index (χ0n) is 16.0. The Kier molecular flexibility index (Phi) is 4.36. The Hall–Kier alpha value is -3.12. The first kappa shape index (κ1) is 17.9. The highest BCUT2D eigenvalue weighted by Crippen LogP contribution is 2.25. The fourth-order valence-corrected chi connectivity index (χ4v) is 4.13. The van der Waals surface area contributed by atoms with Crippen molar-refractivity contribution < 1.29 is 4.79 Å². The minimum absolute atomic E-state index is 0.00163. The van der Waals surface area contributed by atoms with Gasteiger partial charge >= 0.3 is 0 Å². The molecule has 0 spiro atoms. The normalized spacial score (nSPS) is 14.7. The number of hydrogen-bond donors (Lipinski definition) is 1. The van der Waals surface area contributed by atoms with Crippen LogP contribution in [0.4, 0.5) is 5.82 Å². The molecule has 0 atom stereocenters. The number of aromatic amines is 1. The van der Waals surface area contributed by atoms with Crippen molar-refractivity contribution in [2.75, 3.05) is 31.1 Å². The molecule has 0 saturated carbocycles. The van der Waals surface area contributed by atoms with Crippen molar-refractivity contribution in [1.29, 1.82) is 0 Å². The molecule has 7 heteroatoms. The molecule has 0 aliphatic carbocycles. The second-order valence-corrected chi connectivity index (χ2v) is 7.69. The third-order valence-electron chi connectivity index (χ3n) is 5.42. The van der Waals surface area contributed by atoms with Crippen molar-refractivity contribution in [2.24, 2.45) is 0 Å². The first-order valence-electron chi connectivity index (χ1n) is 9.65. The second-order valence-electron chi connectivity index (χ2n) is 7.29. The summed E-state index contributed by atoms with van der Waals surface area (Å²) in [4.78, 5) is 29.7. The maximum absolute atomic E-state index is 13.0. The van der Waals surface area contributed by atoms with Crippen LogP contribution in [0.3, 0.4) is 0 Å². The van der Waals surface area contributed by atoms with Gasteiger partial charge in [0.25, 0.3) is 5.91 Å². The summed E-state index contributed by atoms with van der Waals surface area (Å²) in [6, 6.07) is 15.4. The zero-order valence-corrected chi connectivity index (χ0v) is 16.8. The SMILES string of the molecule is Cc1nc2ccccc2nc1N1CCN(C(=O)c2cc3cccc(Cl)c3[nH]2)CC1. The Labute approximate surface area is 173 Å². The van der Waals surface area contributed by atoms with Gasteiger partial charge in [-0.2, -0.15) is 0 Å². The summed E-state index contributed by atoms with van der Waals surface area (Å²) in [6.45, 7) is 4.70. The molecule has 1 N–H and O–H groups in total. The number of benzene rings is 2. The molecule has 1 amide bonds. The largest absolute Gasteiger partial charge is 0.352 e. The average molecular weight is 406 g/mol. The number of aryl methyl sites for hydroxylation is 1. The second kappa shape index (κ2) is 7.04. The lowest BCUT2D eigenvalue weighted by atomic mass is 10.2. The van der Waals surface area contributed by atoms with Gasteiger partial charge in [-0.3, -0.25) is 4.79 Å². The predicted octanol–water partition coefficient (Wildman–Crippen LogP) is 4.04. The van der Waals surface area contributed by atoms with Crippen LogP contribution in [0.15, 0.2) is 48.5 Å². The first-order valence-corrected chi connectivity index (χ1v) is 10.0. The minimum atomic E-state index is -0.00163. The molecule has 0 bridgehead atoms. The number of para-hydroxylation sites is 3. The molecule has 29 heavy (non-hydrogen) atoms. The molecule has 4 aromatic rings. The van der Waals surface area contributed by atoms with Crippen molar-refractivity contribution >= 4 is 45.3 Å². The lowest BCUT2D eigenvalue weighted by Gasteiger charge is -2.35. The van der Waals surface area contributed by atoms with Crippen LogP contribution in [0.2, 0.25) is 5.02 Å². The Morgan fingerprint density at radius 1 is 1.00 bits per heavy atom. The van der Waals surface area contributed by atoms with Gasteiger partial charge in [0.1, 0.15) is 5.69 Å². The molecule has 1 saturated heterocycles. The molecule has 0 radical (unpaired) electrons. The van der Waals surface area contributed by atoms with E-state index in [9.17, 15) is 4.79 Å². The highest BCUT2D eigenvalue weighted by molar-refractivity contribution is 6.35. The third-order valence-corrected chi connectivity index (χ3v) is 5.74. The first-order chi connectivity index (χ1) is 14.1. The Morgan fingerprint density at radius 2 is 1.72 bits per heavy atom. The molecule has 1 fully saturated rings. The Balaban J connectivity index is 1.34. The average Bonchev–Trinajstić information content (AvgIpc) is 3.19. The van der Waals surface area contributed by atoms with Gasteiger partial charge in [0, 0.05) is 31.6 Å². The molecule has 2 aromatic heterocycles. The number of H-pyrrole nitrogens is 1. The molecule has 0 unspecified atom stereocenters. The summed E-state index contributed by atoms with van der Waals surface area (Å²) in [5.41, 5.74) is 4.08. The number of piperazine rings is 1. The lowest BCUT2D eigenvalue weighted by Crippen LogP contribution is -2.49. The van der Waals surface area contributed by atoms with Gasteiger partial charge in [-0.1, -0.05) is 35.9 Å². The summed E-state index contributed by atoms with van der Waals surface area (Å²) in [7, 11) is 0. The van der Waals surface area contributed by atoms with Gasteiger partial charge in [-0.15, -0.1) is 0 Å². The number of aromatic nitrogens is 3. The number of nitrogens with one attached hydrogen (secondary N) is 1. The quantitative estimate of drug-likeness (QED) is 0.546. The Bertz CT molecular complexity index is 1230. The smallest absolute Gasteiger partial charge is 0.270 e. The van der Waals surface area contributed by atoms with Crippen molar-refractivity contribution in [1.82, 2.24) is 19.9 Å². The number of amides is 1. The van der Waals surface area contributed by atoms with Crippen molar-refractivity contribution in [2.45, 2.75) is 6.92 Å². The molecule has 146 valence electrons. The summed E-state index contributed by atoms with van der Waals surface area (Å²) in [5.74, 6) is 0.895. The lowest BCUT2D eigenvalue weighted by molar-refractivity contribution is 0.0741. The molecule has 1 aliphatic heterocycles. The van der Waals surface area contributed by atoms with Gasteiger partial charge in [0.05, 0.1) is 27.3 Å². The molecule has 3 heterocycles. The van der Waals surface area contributed by atoms with E-state index in [1.807, 2.05) is 60.4 Å². The van der Waals surface area contributed by atoms with Crippen molar-refractivity contribution in [3.05, 3.63) is 64.9 Å². The van der Waals surface area contributed by atoms with Gasteiger partial charge in [0.2, 0.25) is 0 Å². The van der Waals surface area contributed by atoms with E-state index >= 15 is 0 Å². The molecule has 1 aliphatic rings. The van der Waals surface area contributed by atoms with Gasteiger partial charge in [-0.05, 0) is 31.2 Å². The molecular formula is C22H20ClN5O. The topological polar surface area (TPSA) is 65.1 Å². The van der Waals surface area contributed by atoms with Crippen molar-refractivity contribution in [3.8, 4) is 0 Å². The standard InChI is InChI=1S/C22H20ClN5O/c1-14-21(26-18-8-3-2-7-17(18)24-14)27-9-11-28(12-10-27)22(29)19-13-15-5-4-6-16(23)20(15)25-19/h2-8,13,25H,9-12H2,1H3. The summed E-state index contributed by atoms with van der Waals surface area (Å²) in [6.07, 6.45) is 0. The van der Waals surface area contributed by atoms with Gasteiger partial charge in [-0.25, -0.2) is 9.97 Å². The number of carbonyl (C=O) groups is 1. The van der Waals surface area contributed by atoms with Crippen LogP contribution < -0.4 is 4.90 Å². The van der Waals surface area contributed by atoms with E-state index in [1.165, 1.54) is 0 Å². The van der Waals surface area contributed by atoms with Gasteiger partial charge < -0.3 is 14.8 Å².